The molecule has 1 atom stereocenters. The monoisotopic (exact) mass is 169 g/mol. The van der Waals surface area contributed by atoms with Crippen LogP contribution in [0.15, 0.2) is 0 Å². The Morgan fingerprint density at radius 1 is 1.42 bits per heavy atom. The predicted octanol–water partition coefficient (Wildman–Crippen LogP) is 2.81. The largest absolute Gasteiger partial charge is 0.316 e. The average molecular weight is 169 g/mol. The van der Waals surface area contributed by atoms with Gasteiger partial charge in [0.1, 0.15) is 0 Å². The van der Waals surface area contributed by atoms with Gasteiger partial charge < -0.3 is 5.32 Å². The van der Waals surface area contributed by atoms with Crippen LogP contribution in [-0.4, -0.2) is 13.1 Å². The molecule has 0 aliphatic heterocycles. The van der Waals surface area contributed by atoms with E-state index in [1.807, 2.05) is 0 Å². The lowest BCUT2D eigenvalue weighted by atomic mass is 10.1. The van der Waals surface area contributed by atoms with Gasteiger partial charge in [-0.05, 0) is 37.8 Å². The standard InChI is InChI=1S/C11H23N/c1-3-10(2)9-12-8-4-5-11-6-7-11/h10-12H,3-9H2,1-2H3. The van der Waals surface area contributed by atoms with Crippen LogP contribution in [0.2, 0.25) is 0 Å². The molecular weight excluding hydrogens is 146 g/mol. The quantitative estimate of drug-likeness (QED) is 0.578. The van der Waals surface area contributed by atoms with Crippen molar-refractivity contribution in [3.8, 4) is 0 Å². The zero-order chi connectivity index (χ0) is 8.81. The van der Waals surface area contributed by atoms with Crippen LogP contribution in [0.1, 0.15) is 46.0 Å². The van der Waals surface area contributed by atoms with Gasteiger partial charge in [-0.1, -0.05) is 33.1 Å². The average Bonchev–Trinajstić information content (AvgIpc) is 2.87. The zero-order valence-corrected chi connectivity index (χ0v) is 8.60. The molecule has 12 heavy (non-hydrogen) atoms. The fraction of sp³-hybridized carbons (Fsp3) is 1.00. The Morgan fingerprint density at radius 3 is 2.75 bits per heavy atom. The fourth-order valence-electron chi connectivity index (χ4n) is 1.42. The summed E-state index contributed by atoms with van der Waals surface area (Å²) in [5, 5.41) is 3.52. The molecule has 1 aliphatic rings. The molecule has 1 heteroatoms. The molecule has 0 aromatic carbocycles. The predicted molar refractivity (Wildman–Crippen MR) is 54.3 cm³/mol. The van der Waals surface area contributed by atoms with E-state index in [0.717, 1.165) is 11.8 Å². The van der Waals surface area contributed by atoms with Gasteiger partial charge in [-0.2, -0.15) is 0 Å². The molecule has 1 N–H and O–H groups in total. The highest BCUT2D eigenvalue weighted by Crippen LogP contribution is 2.33. The number of rotatable bonds is 7. The minimum atomic E-state index is 0.853. The van der Waals surface area contributed by atoms with Gasteiger partial charge in [0.2, 0.25) is 0 Å². The Morgan fingerprint density at radius 2 is 2.17 bits per heavy atom. The highest BCUT2D eigenvalue weighted by molar-refractivity contribution is 4.72. The van der Waals surface area contributed by atoms with Crippen LogP contribution >= 0.6 is 0 Å². The maximum absolute atomic E-state index is 3.52. The fourth-order valence-corrected chi connectivity index (χ4v) is 1.42. The molecule has 0 amide bonds. The van der Waals surface area contributed by atoms with Crippen LogP contribution in [0.4, 0.5) is 0 Å². The van der Waals surface area contributed by atoms with Crippen LogP contribution in [0, 0.1) is 11.8 Å². The summed E-state index contributed by atoms with van der Waals surface area (Å²) in [6.45, 7) is 7.02. The first-order chi connectivity index (χ1) is 5.83. The van der Waals surface area contributed by atoms with E-state index in [2.05, 4.69) is 19.2 Å². The lowest BCUT2D eigenvalue weighted by molar-refractivity contribution is 0.487. The summed E-state index contributed by atoms with van der Waals surface area (Å²) >= 11 is 0. The van der Waals surface area contributed by atoms with E-state index < -0.39 is 0 Å². The van der Waals surface area contributed by atoms with E-state index in [1.165, 1.54) is 45.2 Å². The summed E-state index contributed by atoms with van der Waals surface area (Å²) in [6, 6.07) is 0. The van der Waals surface area contributed by atoms with Crippen molar-refractivity contribution in [1.82, 2.24) is 5.32 Å². The zero-order valence-electron chi connectivity index (χ0n) is 8.60. The minimum Gasteiger partial charge on any atom is -0.316 e. The van der Waals surface area contributed by atoms with Crippen molar-refractivity contribution < 1.29 is 0 Å². The second kappa shape index (κ2) is 5.58. The van der Waals surface area contributed by atoms with Gasteiger partial charge in [0.05, 0.1) is 0 Å². The van der Waals surface area contributed by atoms with Crippen LogP contribution in [0.25, 0.3) is 0 Å². The molecule has 1 rings (SSSR count). The normalized spacial score (nSPS) is 19.5. The molecule has 1 aliphatic carbocycles. The molecule has 1 unspecified atom stereocenters. The van der Waals surface area contributed by atoms with E-state index in [4.69, 9.17) is 0 Å². The van der Waals surface area contributed by atoms with E-state index in [-0.39, 0.29) is 0 Å². The summed E-state index contributed by atoms with van der Waals surface area (Å²) in [5.74, 6) is 1.96. The van der Waals surface area contributed by atoms with Gasteiger partial charge in [-0.25, -0.2) is 0 Å². The topological polar surface area (TPSA) is 12.0 Å². The van der Waals surface area contributed by atoms with E-state index >= 15 is 0 Å². The third-order valence-corrected chi connectivity index (χ3v) is 2.85. The summed E-state index contributed by atoms with van der Waals surface area (Å²) in [6.07, 6.45) is 7.17. The lowest BCUT2D eigenvalue weighted by Crippen LogP contribution is -2.21. The molecule has 1 nitrogen and oxygen atoms in total. The highest BCUT2D eigenvalue weighted by Gasteiger charge is 2.19. The molecule has 0 aromatic heterocycles. The Labute approximate surface area is 76.9 Å². The Balaban J connectivity index is 1.75. The third-order valence-electron chi connectivity index (χ3n) is 2.85. The molecule has 1 fully saturated rings. The maximum atomic E-state index is 3.52. The van der Waals surface area contributed by atoms with E-state index in [9.17, 15) is 0 Å². The second-order valence-electron chi connectivity index (χ2n) is 4.30. The molecular formula is C11H23N. The number of hydrogen-bond donors (Lipinski definition) is 1. The Kier molecular flexibility index (Phi) is 4.67. The third kappa shape index (κ3) is 4.76. The highest BCUT2D eigenvalue weighted by atomic mass is 14.8. The van der Waals surface area contributed by atoms with Crippen LogP contribution in [-0.2, 0) is 0 Å². The van der Waals surface area contributed by atoms with Crippen molar-refractivity contribution in [2.45, 2.75) is 46.0 Å². The number of hydrogen-bond acceptors (Lipinski definition) is 1. The van der Waals surface area contributed by atoms with E-state index in [0.29, 0.717) is 0 Å². The van der Waals surface area contributed by atoms with Gasteiger partial charge in [0.15, 0.2) is 0 Å². The molecule has 0 radical (unpaired) electrons. The van der Waals surface area contributed by atoms with Crippen molar-refractivity contribution in [2.75, 3.05) is 13.1 Å². The van der Waals surface area contributed by atoms with Gasteiger partial charge in [-0.3, -0.25) is 0 Å². The molecule has 0 saturated heterocycles. The summed E-state index contributed by atoms with van der Waals surface area (Å²) in [5.41, 5.74) is 0. The van der Waals surface area contributed by atoms with Gasteiger partial charge >= 0.3 is 0 Å². The molecule has 1 saturated carbocycles. The summed E-state index contributed by atoms with van der Waals surface area (Å²) < 4.78 is 0. The van der Waals surface area contributed by atoms with Gasteiger partial charge in [0.25, 0.3) is 0 Å². The second-order valence-corrected chi connectivity index (χ2v) is 4.30. The Hall–Kier alpha value is -0.0400. The van der Waals surface area contributed by atoms with Gasteiger partial charge in [-0.15, -0.1) is 0 Å². The first-order valence-electron chi connectivity index (χ1n) is 5.53. The maximum Gasteiger partial charge on any atom is -0.00233 e. The molecule has 0 bridgehead atoms. The van der Waals surface area contributed by atoms with Crippen molar-refractivity contribution in [3.63, 3.8) is 0 Å². The van der Waals surface area contributed by atoms with Crippen LogP contribution in [0.5, 0.6) is 0 Å². The van der Waals surface area contributed by atoms with Gasteiger partial charge in [0, 0.05) is 0 Å². The smallest absolute Gasteiger partial charge is 0.00233 e. The molecule has 0 heterocycles. The van der Waals surface area contributed by atoms with Crippen molar-refractivity contribution in [1.29, 1.82) is 0 Å². The van der Waals surface area contributed by atoms with E-state index in [1.54, 1.807) is 0 Å². The molecule has 72 valence electrons. The first-order valence-corrected chi connectivity index (χ1v) is 5.53. The lowest BCUT2D eigenvalue weighted by Gasteiger charge is -2.09. The van der Waals surface area contributed by atoms with Crippen LogP contribution < -0.4 is 5.32 Å². The number of nitrogens with one attached hydrogen (secondary N) is 1. The molecule has 0 aromatic rings. The van der Waals surface area contributed by atoms with Crippen molar-refractivity contribution in [3.05, 3.63) is 0 Å². The van der Waals surface area contributed by atoms with Crippen molar-refractivity contribution >= 4 is 0 Å². The van der Waals surface area contributed by atoms with Crippen LogP contribution in [0.3, 0.4) is 0 Å². The van der Waals surface area contributed by atoms with Crippen molar-refractivity contribution in [2.24, 2.45) is 11.8 Å². The molecule has 0 spiro atoms. The summed E-state index contributed by atoms with van der Waals surface area (Å²) in [4.78, 5) is 0. The SMILES string of the molecule is CCC(C)CNCCCC1CC1. The summed E-state index contributed by atoms with van der Waals surface area (Å²) in [7, 11) is 0. The minimum absolute atomic E-state index is 0.853. The Bertz CT molecular complexity index is 108. The first kappa shape index (κ1) is 10.0.